The summed E-state index contributed by atoms with van der Waals surface area (Å²) >= 11 is 0. The number of nitrogens with one attached hydrogen (secondary N) is 1. The van der Waals surface area contributed by atoms with E-state index in [4.69, 9.17) is 0 Å². The average molecular weight is 484 g/mol. The molecule has 182 valence electrons. The first-order valence-electron chi connectivity index (χ1n) is 12.1. The first kappa shape index (κ1) is 24.4. The molecule has 1 fully saturated rings. The Balaban J connectivity index is 1.52. The van der Waals surface area contributed by atoms with Gasteiger partial charge in [0.1, 0.15) is 6.04 Å². The smallest absolute Gasteiger partial charge is 0.243 e. The van der Waals surface area contributed by atoms with Crippen molar-refractivity contribution in [2.24, 2.45) is 0 Å². The van der Waals surface area contributed by atoms with Crippen molar-refractivity contribution in [3.05, 3.63) is 59.2 Å². The zero-order chi connectivity index (χ0) is 24.3. The molecular formula is C26H33N3O4S. The van der Waals surface area contributed by atoms with Gasteiger partial charge in [-0.05, 0) is 61.1 Å². The second-order valence-electron chi connectivity index (χ2n) is 9.06. The molecular weight excluding hydrogens is 450 g/mol. The maximum atomic E-state index is 13.1. The van der Waals surface area contributed by atoms with Crippen LogP contribution in [0.5, 0.6) is 0 Å². The van der Waals surface area contributed by atoms with E-state index in [0.717, 1.165) is 24.8 Å². The third-order valence-corrected chi connectivity index (χ3v) is 8.71. The van der Waals surface area contributed by atoms with Gasteiger partial charge >= 0.3 is 0 Å². The van der Waals surface area contributed by atoms with Crippen LogP contribution in [0.3, 0.4) is 0 Å². The lowest BCUT2D eigenvalue weighted by molar-refractivity contribution is -0.126. The predicted molar refractivity (Wildman–Crippen MR) is 132 cm³/mol. The minimum absolute atomic E-state index is 0.149. The molecule has 1 atom stereocenters. The van der Waals surface area contributed by atoms with E-state index in [9.17, 15) is 18.0 Å². The summed E-state index contributed by atoms with van der Waals surface area (Å²) in [5, 5.41) is 2.98. The van der Waals surface area contributed by atoms with Gasteiger partial charge in [0.15, 0.2) is 0 Å². The van der Waals surface area contributed by atoms with Crippen LogP contribution in [-0.4, -0.2) is 50.2 Å². The second kappa shape index (κ2) is 10.3. The fourth-order valence-electron chi connectivity index (χ4n) is 4.86. The van der Waals surface area contributed by atoms with Gasteiger partial charge in [-0.15, -0.1) is 0 Å². The Hall–Kier alpha value is -2.71. The zero-order valence-corrected chi connectivity index (χ0v) is 20.7. The number of carbonyl (C=O) groups excluding carboxylic acids is 2. The molecule has 2 aromatic rings. The van der Waals surface area contributed by atoms with E-state index in [1.54, 1.807) is 25.1 Å². The summed E-state index contributed by atoms with van der Waals surface area (Å²) in [6.45, 7) is 5.35. The summed E-state index contributed by atoms with van der Waals surface area (Å²) in [5.74, 6) is -0.364. The number of nitrogens with zero attached hydrogens (tertiary/aromatic N) is 2. The molecule has 2 heterocycles. The molecule has 4 rings (SSSR count). The average Bonchev–Trinajstić information content (AvgIpc) is 3.24. The van der Waals surface area contributed by atoms with Gasteiger partial charge in [-0.1, -0.05) is 37.6 Å². The molecule has 2 amide bonds. The Morgan fingerprint density at radius 3 is 2.50 bits per heavy atom. The van der Waals surface area contributed by atoms with Crippen molar-refractivity contribution in [2.45, 2.75) is 63.3 Å². The van der Waals surface area contributed by atoms with Crippen LogP contribution in [0, 0.1) is 6.92 Å². The molecule has 2 aliphatic heterocycles. The maximum Gasteiger partial charge on any atom is 0.243 e. The Labute approximate surface area is 202 Å². The van der Waals surface area contributed by atoms with Gasteiger partial charge in [0.25, 0.3) is 0 Å². The van der Waals surface area contributed by atoms with Crippen LogP contribution in [0.15, 0.2) is 47.4 Å². The van der Waals surface area contributed by atoms with Crippen molar-refractivity contribution >= 4 is 27.5 Å². The minimum atomic E-state index is -3.58. The summed E-state index contributed by atoms with van der Waals surface area (Å²) in [7, 11) is -3.58. The number of anilines is 1. The number of amides is 2. The minimum Gasteiger partial charge on any atom is -0.354 e. The van der Waals surface area contributed by atoms with Crippen LogP contribution >= 0.6 is 0 Å². The van der Waals surface area contributed by atoms with E-state index in [0.29, 0.717) is 38.2 Å². The first-order chi connectivity index (χ1) is 16.3. The molecule has 0 aromatic heterocycles. The van der Waals surface area contributed by atoms with Crippen molar-refractivity contribution in [1.82, 2.24) is 9.62 Å². The third kappa shape index (κ3) is 4.88. The van der Waals surface area contributed by atoms with Crippen LogP contribution in [0.1, 0.15) is 49.3 Å². The quantitative estimate of drug-likeness (QED) is 0.655. The number of hydrogen-bond acceptors (Lipinski definition) is 4. The Kier molecular flexibility index (Phi) is 7.38. The number of benzene rings is 2. The molecule has 2 aromatic carbocycles. The lowest BCUT2D eigenvalue weighted by Gasteiger charge is -2.26. The number of aryl methyl sites for hydroxylation is 1. The van der Waals surface area contributed by atoms with Gasteiger partial charge in [-0.3, -0.25) is 14.5 Å². The van der Waals surface area contributed by atoms with Crippen molar-refractivity contribution in [1.29, 1.82) is 0 Å². The molecule has 8 heteroatoms. The molecule has 0 bridgehead atoms. The standard InChI is InChI=1S/C26H33N3O4S/c1-3-25(30)29-23-12-11-22(34(32,33)28-15-7-4-8-16-28)17-21(23)18-24(29)26(31)27-14-13-20-10-6-5-9-19(20)2/h5-6,9-12,17,24H,3-4,7-8,13-16,18H2,1-2H3,(H,27,31)/t24-/m0/s1. The lowest BCUT2D eigenvalue weighted by Crippen LogP contribution is -2.48. The summed E-state index contributed by atoms with van der Waals surface area (Å²) in [4.78, 5) is 27.7. The van der Waals surface area contributed by atoms with Crippen LogP contribution < -0.4 is 10.2 Å². The number of fused-ring (bicyclic) bond motifs is 1. The number of piperidine rings is 1. The molecule has 0 radical (unpaired) electrons. The topological polar surface area (TPSA) is 86.8 Å². The Morgan fingerprint density at radius 2 is 1.79 bits per heavy atom. The van der Waals surface area contributed by atoms with Crippen molar-refractivity contribution < 1.29 is 18.0 Å². The summed E-state index contributed by atoms with van der Waals surface area (Å²) in [6, 6.07) is 12.3. The molecule has 0 aliphatic carbocycles. The first-order valence-corrected chi connectivity index (χ1v) is 13.5. The molecule has 2 aliphatic rings. The van der Waals surface area contributed by atoms with Crippen molar-refractivity contribution in [3.8, 4) is 0 Å². The Bertz CT molecular complexity index is 1170. The third-order valence-electron chi connectivity index (χ3n) is 6.82. The normalized spacial score (nSPS) is 18.5. The van der Waals surface area contributed by atoms with Gasteiger partial charge < -0.3 is 5.32 Å². The van der Waals surface area contributed by atoms with E-state index in [1.807, 2.05) is 31.2 Å². The largest absolute Gasteiger partial charge is 0.354 e. The molecule has 1 N–H and O–H groups in total. The molecule has 34 heavy (non-hydrogen) atoms. The van der Waals surface area contributed by atoms with E-state index < -0.39 is 16.1 Å². The summed E-state index contributed by atoms with van der Waals surface area (Å²) < 4.78 is 27.8. The van der Waals surface area contributed by atoms with Gasteiger partial charge in [-0.25, -0.2) is 8.42 Å². The Morgan fingerprint density at radius 1 is 1.06 bits per heavy atom. The summed E-state index contributed by atoms with van der Waals surface area (Å²) in [6.07, 6.45) is 4.06. The highest BCUT2D eigenvalue weighted by Crippen LogP contribution is 2.35. The second-order valence-corrected chi connectivity index (χ2v) is 11.0. The number of sulfonamides is 1. The van der Waals surface area contributed by atoms with E-state index >= 15 is 0 Å². The predicted octanol–water partition coefficient (Wildman–Crippen LogP) is 3.20. The van der Waals surface area contributed by atoms with Crippen LogP contribution in [-0.2, 0) is 32.5 Å². The fourth-order valence-corrected chi connectivity index (χ4v) is 6.43. The van der Waals surface area contributed by atoms with Gasteiger partial charge in [0, 0.05) is 38.2 Å². The highest BCUT2D eigenvalue weighted by Gasteiger charge is 2.38. The highest BCUT2D eigenvalue weighted by molar-refractivity contribution is 7.89. The van der Waals surface area contributed by atoms with Crippen molar-refractivity contribution in [3.63, 3.8) is 0 Å². The van der Waals surface area contributed by atoms with Gasteiger partial charge in [0.2, 0.25) is 21.8 Å². The molecule has 1 saturated heterocycles. The maximum absolute atomic E-state index is 13.1. The lowest BCUT2D eigenvalue weighted by atomic mass is 10.1. The van der Waals surface area contributed by atoms with Gasteiger partial charge in [0.05, 0.1) is 4.90 Å². The molecule has 0 saturated carbocycles. The van der Waals surface area contributed by atoms with E-state index in [-0.39, 0.29) is 23.1 Å². The fraction of sp³-hybridized carbons (Fsp3) is 0.462. The SMILES string of the molecule is CCC(=O)N1c2ccc(S(=O)(=O)N3CCCCC3)cc2C[C@H]1C(=O)NCCc1ccccc1C. The van der Waals surface area contributed by atoms with E-state index in [1.165, 1.54) is 20.3 Å². The number of carbonyl (C=O) groups is 2. The number of rotatable bonds is 7. The summed E-state index contributed by atoms with van der Waals surface area (Å²) in [5.41, 5.74) is 3.70. The monoisotopic (exact) mass is 483 g/mol. The van der Waals surface area contributed by atoms with E-state index in [2.05, 4.69) is 5.32 Å². The van der Waals surface area contributed by atoms with Crippen molar-refractivity contribution in [2.75, 3.05) is 24.5 Å². The molecule has 0 spiro atoms. The van der Waals surface area contributed by atoms with Gasteiger partial charge in [-0.2, -0.15) is 4.31 Å². The van der Waals surface area contributed by atoms with Crippen LogP contribution in [0.2, 0.25) is 0 Å². The highest BCUT2D eigenvalue weighted by atomic mass is 32.2. The van der Waals surface area contributed by atoms with Crippen LogP contribution in [0.4, 0.5) is 5.69 Å². The molecule has 7 nitrogen and oxygen atoms in total. The zero-order valence-electron chi connectivity index (χ0n) is 19.9. The number of hydrogen-bond donors (Lipinski definition) is 1. The molecule has 0 unspecified atom stereocenters. The van der Waals surface area contributed by atoms with Crippen LogP contribution in [0.25, 0.3) is 0 Å².